The molecule has 0 unspecified atom stereocenters. The Morgan fingerprint density at radius 3 is 2.21 bits per heavy atom. The maximum atomic E-state index is 12.1. The first-order valence-corrected chi connectivity index (χ1v) is 12.4. The second kappa shape index (κ2) is 12.4. The molecular weight excluding hydrogens is 456 g/mol. The van der Waals surface area contributed by atoms with Crippen molar-refractivity contribution in [2.24, 2.45) is 0 Å². The molecule has 0 fully saturated rings. The summed E-state index contributed by atoms with van der Waals surface area (Å²) in [6, 6.07) is 20.1. The molecule has 2 aromatic carbocycles. The molecule has 3 rings (SSSR count). The Morgan fingerprint density at radius 1 is 1.06 bits per heavy atom. The van der Waals surface area contributed by atoms with Crippen molar-refractivity contribution in [3.8, 4) is 0 Å². The summed E-state index contributed by atoms with van der Waals surface area (Å²) in [5.41, 5.74) is 2.49. The van der Waals surface area contributed by atoms with E-state index in [4.69, 9.17) is 0 Å². The molecule has 33 heavy (non-hydrogen) atoms. The number of aromatic carboxylic acids is 1. The van der Waals surface area contributed by atoms with Crippen LogP contribution in [0.5, 0.6) is 0 Å². The van der Waals surface area contributed by atoms with E-state index >= 15 is 0 Å². The molecule has 7 nitrogen and oxygen atoms in total. The molecule has 1 aromatic heterocycles. The molecule has 0 spiro atoms. The molecule has 174 valence electrons. The normalized spacial score (nSPS) is 11.0. The lowest BCUT2D eigenvalue weighted by atomic mass is 9.89. The Kier molecular flexibility index (Phi) is 9.29. The highest BCUT2D eigenvalue weighted by Crippen LogP contribution is 2.35. The first-order chi connectivity index (χ1) is 16.0. The van der Waals surface area contributed by atoms with E-state index in [1.54, 1.807) is 0 Å². The summed E-state index contributed by atoms with van der Waals surface area (Å²) < 4.78 is 4.31. The van der Waals surface area contributed by atoms with Crippen LogP contribution >= 0.6 is 23.3 Å². The number of nitrogens with one attached hydrogen (secondary N) is 2. The predicted octanol–water partition coefficient (Wildman–Crippen LogP) is 4.84. The van der Waals surface area contributed by atoms with Gasteiger partial charge in [0.25, 0.3) is 0 Å². The van der Waals surface area contributed by atoms with Crippen molar-refractivity contribution in [1.82, 2.24) is 14.6 Å². The van der Waals surface area contributed by atoms with Crippen molar-refractivity contribution in [2.75, 3.05) is 38.3 Å². The number of rotatable bonds is 11. The Labute approximate surface area is 202 Å². The average molecular weight is 485 g/mol. The smallest absolute Gasteiger partial charge is 0.341 e. The summed E-state index contributed by atoms with van der Waals surface area (Å²) in [6.07, 6.45) is 0.822. The monoisotopic (exact) mass is 484 g/mol. The van der Waals surface area contributed by atoms with Gasteiger partial charge < -0.3 is 15.3 Å². The second-order valence-electron chi connectivity index (χ2n) is 7.69. The summed E-state index contributed by atoms with van der Waals surface area (Å²) >= 11 is 2.39. The standard InChI is InChI=1S/C24H28N4O3S2/c1-28(2)15-14-25-24(31)26-21-20(23(29)30)22(27-33-21)32-16-13-19(17-9-5-3-6-10-17)18-11-7-4-8-12-18/h3-12,19H,13-16H2,1-2H3,(H,29,30)(H2,25,26,31). The molecule has 1 heterocycles. The minimum absolute atomic E-state index is 0.0451. The van der Waals surface area contributed by atoms with E-state index in [-0.39, 0.29) is 16.5 Å². The number of likely N-dealkylation sites (N-methyl/N-ethyl adjacent to an activating group) is 1. The van der Waals surface area contributed by atoms with E-state index in [0.29, 0.717) is 23.9 Å². The molecule has 0 aliphatic heterocycles. The van der Waals surface area contributed by atoms with Crippen LogP contribution in [-0.4, -0.2) is 59.3 Å². The molecule has 0 bridgehead atoms. The summed E-state index contributed by atoms with van der Waals surface area (Å²) in [5.74, 6) is -0.211. The number of carbonyl (C=O) groups excluding carboxylic acids is 1. The Hall–Kier alpha value is -2.88. The second-order valence-corrected chi connectivity index (χ2v) is 9.55. The molecule has 0 atom stereocenters. The average Bonchev–Trinajstić information content (AvgIpc) is 3.20. The van der Waals surface area contributed by atoms with E-state index in [2.05, 4.69) is 39.3 Å². The van der Waals surface area contributed by atoms with Crippen LogP contribution in [-0.2, 0) is 0 Å². The zero-order chi connectivity index (χ0) is 23.6. The van der Waals surface area contributed by atoms with Crippen LogP contribution in [0, 0.1) is 0 Å². The van der Waals surface area contributed by atoms with Crippen molar-refractivity contribution in [3.63, 3.8) is 0 Å². The first-order valence-electron chi connectivity index (χ1n) is 10.6. The number of thioether (sulfide) groups is 1. The summed E-state index contributed by atoms with van der Waals surface area (Å²) in [5, 5.41) is 15.8. The molecule has 2 amide bonds. The number of carboxylic acids is 1. The topological polar surface area (TPSA) is 94.6 Å². The summed E-state index contributed by atoms with van der Waals surface area (Å²) in [6.45, 7) is 1.15. The van der Waals surface area contributed by atoms with Crippen LogP contribution in [0.3, 0.4) is 0 Å². The number of amides is 2. The molecule has 0 aliphatic carbocycles. The SMILES string of the molecule is CN(C)CCNC(=O)Nc1snc(SCCC(c2ccccc2)c2ccccc2)c1C(=O)O. The lowest BCUT2D eigenvalue weighted by Crippen LogP contribution is -2.34. The lowest BCUT2D eigenvalue weighted by Gasteiger charge is -2.17. The molecule has 9 heteroatoms. The number of hydrogen-bond donors (Lipinski definition) is 3. The highest BCUT2D eigenvalue weighted by molar-refractivity contribution is 7.99. The van der Waals surface area contributed by atoms with Crippen molar-refractivity contribution < 1.29 is 14.7 Å². The van der Waals surface area contributed by atoms with E-state index in [1.807, 2.05) is 55.4 Å². The molecular formula is C24H28N4O3S2. The highest BCUT2D eigenvalue weighted by Gasteiger charge is 2.23. The van der Waals surface area contributed by atoms with Crippen molar-refractivity contribution in [1.29, 1.82) is 0 Å². The van der Waals surface area contributed by atoms with Crippen molar-refractivity contribution >= 4 is 40.3 Å². The number of anilines is 1. The largest absolute Gasteiger partial charge is 0.477 e. The molecule has 3 aromatic rings. The minimum Gasteiger partial charge on any atom is -0.477 e. The summed E-state index contributed by atoms with van der Waals surface area (Å²) in [7, 11) is 3.82. The van der Waals surface area contributed by atoms with Gasteiger partial charge in [-0.25, -0.2) is 9.59 Å². The zero-order valence-electron chi connectivity index (χ0n) is 18.7. The Bertz CT molecular complexity index is 1000. The van der Waals surface area contributed by atoms with Gasteiger partial charge in [0.05, 0.1) is 0 Å². The summed E-state index contributed by atoms with van der Waals surface area (Å²) in [4.78, 5) is 26.0. The number of carbonyl (C=O) groups is 2. The van der Waals surface area contributed by atoms with Gasteiger partial charge in [0, 0.05) is 24.8 Å². The van der Waals surface area contributed by atoms with E-state index in [1.165, 1.54) is 22.9 Å². The van der Waals surface area contributed by atoms with Gasteiger partial charge in [0.1, 0.15) is 15.6 Å². The zero-order valence-corrected chi connectivity index (χ0v) is 20.3. The van der Waals surface area contributed by atoms with Crippen LogP contribution in [0.15, 0.2) is 65.7 Å². The van der Waals surface area contributed by atoms with Gasteiger partial charge in [-0.2, -0.15) is 4.37 Å². The number of carboxylic acid groups (broad SMARTS) is 1. The fourth-order valence-corrected chi connectivity index (χ4v) is 5.31. The maximum Gasteiger partial charge on any atom is 0.341 e. The van der Waals surface area contributed by atoms with Gasteiger partial charge in [-0.1, -0.05) is 60.7 Å². The number of benzene rings is 2. The van der Waals surface area contributed by atoms with Gasteiger partial charge in [-0.05, 0) is 43.2 Å². The molecule has 0 saturated heterocycles. The molecule has 0 saturated carbocycles. The molecule has 0 aliphatic rings. The predicted molar refractivity (Wildman–Crippen MR) is 135 cm³/mol. The number of hydrogen-bond acceptors (Lipinski definition) is 6. The fourth-order valence-electron chi connectivity index (χ4n) is 3.36. The van der Waals surface area contributed by atoms with Crippen molar-refractivity contribution in [3.05, 3.63) is 77.4 Å². The maximum absolute atomic E-state index is 12.1. The van der Waals surface area contributed by atoms with E-state index in [9.17, 15) is 14.7 Å². The fraction of sp³-hybridized carbons (Fsp3) is 0.292. The van der Waals surface area contributed by atoms with Gasteiger partial charge >= 0.3 is 12.0 Å². The third kappa shape index (κ3) is 7.31. The number of nitrogens with zero attached hydrogens (tertiary/aromatic N) is 2. The quantitative estimate of drug-likeness (QED) is 0.337. The van der Waals surface area contributed by atoms with Crippen LogP contribution in [0.1, 0.15) is 33.8 Å². The van der Waals surface area contributed by atoms with Gasteiger partial charge in [0.2, 0.25) is 0 Å². The molecule has 0 radical (unpaired) electrons. The van der Waals surface area contributed by atoms with Crippen molar-refractivity contribution in [2.45, 2.75) is 17.4 Å². The van der Waals surface area contributed by atoms with E-state index in [0.717, 1.165) is 18.0 Å². The molecule has 3 N–H and O–H groups in total. The minimum atomic E-state index is -1.10. The lowest BCUT2D eigenvalue weighted by molar-refractivity contribution is 0.0694. The number of urea groups is 1. The number of aromatic nitrogens is 1. The first kappa shape index (κ1) is 24.8. The van der Waals surface area contributed by atoms with Crippen LogP contribution in [0.2, 0.25) is 0 Å². The van der Waals surface area contributed by atoms with E-state index < -0.39 is 12.0 Å². The van der Waals surface area contributed by atoms with Crippen LogP contribution in [0.25, 0.3) is 0 Å². The van der Waals surface area contributed by atoms with Crippen LogP contribution in [0.4, 0.5) is 9.80 Å². The van der Waals surface area contributed by atoms with Gasteiger partial charge in [0.15, 0.2) is 0 Å². The third-order valence-electron chi connectivity index (χ3n) is 5.00. The third-order valence-corrected chi connectivity index (χ3v) is 6.88. The van der Waals surface area contributed by atoms with Crippen LogP contribution < -0.4 is 10.6 Å². The Morgan fingerprint density at radius 2 is 1.67 bits per heavy atom. The highest BCUT2D eigenvalue weighted by atomic mass is 32.2. The van der Waals surface area contributed by atoms with Gasteiger partial charge in [-0.15, -0.1) is 11.8 Å². The van der Waals surface area contributed by atoms with Gasteiger partial charge in [-0.3, -0.25) is 5.32 Å². The Balaban J connectivity index is 1.66.